The minimum absolute atomic E-state index is 0. The summed E-state index contributed by atoms with van der Waals surface area (Å²) in [5.41, 5.74) is 0. The Labute approximate surface area is 490 Å². The molecule has 0 aromatic carbocycles. The van der Waals surface area contributed by atoms with Crippen LogP contribution in [0.5, 0.6) is 0 Å². The van der Waals surface area contributed by atoms with Gasteiger partial charge >= 0.3 is 71.6 Å². The molecule has 0 bridgehead atoms. The number of nitrogens with zero attached hydrogens (tertiary/aromatic N) is 6. The zero-order chi connectivity index (χ0) is 47.1. The van der Waals surface area contributed by atoms with Gasteiger partial charge in [0.1, 0.15) is 0 Å². The van der Waals surface area contributed by atoms with E-state index in [2.05, 4.69) is 0 Å². The van der Waals surface area contributed by atoms with Crippen LogP contribution in [0.3, 0.4) is 0 Å². The van der Waals surface area contributed by atoms with Crippen LogP contribution in [0, 0.1) is 160 Å². The van der Waals surface area contributed by atoms with Crippen LogP contribution in [0.25, 0.3) is 0 Å². The van der Waals surface area contributed by atoms with E-state index in [0.29, 0.717) is 0 Å². The topological polar surface area (TPSA) is 467 Å². The second-order valence-electron chi connectivity index (χ2n) is 12.0. The summed E-state index contributed by atoms with van der Waals surface area (Å²) in [6.45, 7) is -6.75. The van der Waals surface area contributed by atoms with E-state index in [-0.39, 0.29) is 199 Å². The third-order valence-corrected chi connectivity index (χ3v) is 6.50. The van der Waals surface area contributed by atoms with Gasteiger partial charge in [0, 0.05) is 199 Å². The Morgan fingerprint density at radius 3 is 0.297 bits per heavy atom. The van der Waals surface area contributed by atoms with Gasteiger partial charge in [0.2, 0.25) is 0 Å². The number of carbonyl (C=O) groups is 12. The molecule has 12 N–H and O–H groups in total. The van der Waals surface area contributed by atoms with Gasteiger partial charge in [0.25, 0.3) is 0 Å². The number of carboxylic acids is 12. The van der Waals surface area contributed by atoms with Crippen LogP contribution in [-0.4, -0.2) is 280 Å². The molecule has 0 radical (unpaired) electrons. The second kappa shape index (κ2) is 45.5. The normalized spacial score (nSPS) is 10.0. The molecule has 0 aromatic rings. The maximum absolute atomic E-state index is 10.6. The monoisotopic (exact) mass is 1510 g/mol. The van der Waals surface area contributed by atoms with Crippen molar-refractivity contribution in [2.24, 2.45) is 0 Å². The molecular formula is C30H48Gd4N6O24. The van der Waals surface area contributed by atoms with Crippen molar-refractivity contribution in [3.63, 3.8) is 0 Å². The van der Waals surface area contributed by atoms with Crippen molar-refractivity contribution in [1.82, 2.24) is 29.4 Å². The summed E-state index contributed by atoms with van der Waals surface area (Å²) < 4.78 is 0. The van der Waals surface area contributed by atoms with Crippen molar-refractivity contribution in [3.05, 3.63) is 0 Å². The Morgan fingerprint density at radius 2 is 0.250 bits per heavy atom. The number of aliphatic carboxylic acids is 12. The van der Waals surface area contributed by atoms with Crippen LogP contribution in [0.15, 0.2) is 0 Å². The van der Waals surface area contributed by atoms with Crippen molar-refractivity contribution >= 4 is 71.6 Å². The fourth-order valence-electron chi connectivity index (χ4n) is 4.43. The molecule has 0 aromatic heterocycles. The van der Waals surface area contributed by atoms with Crippen molar-refractivity contribution in [3.8, 4) is 0 Å². The fourth-order valence-corrected chi connectivity index (χ4v) is 4.43. The van der Waals surface area contributed by atoms with E-state index in [4.69, 9.17) is 61.3 Å². The first-order valence-corrected chi connectivity index (χ1v) is 16.6. The van der Waals surface area contributed by atoms with Crippen LogP contribution in [0.1, 0.15) is 0 Å². The minimum atomic E-state index is -1.23. The second-order valence-corrected chi connectivity index (χ2v) is 12.0. The molecule has 0 atom stereocenters. The van der Waals surface area contributed by atoms with Gasteiger partial charge in [0.15, 0.2) is 0 Å². The van der Waals surface area contributed by atoms with Crippen molar-refractivity contribution < 1.29 is 279 Å². The third-order valence-electron chi connectivity index (χ3n) is 6.50. The first-order chi connectivity index (χ1) is 27.6. The average Bonchev–Trinajstić information content (AvgIpc) is 3.02. The van der Waals surface area contributed by atoms with Gasteiger partial charge in [0.05, 0.1) is 78.5 Å². The SMILES string of the molecule is O=C(O)CN(CCN(CC(=O)O)CC(=O)O)CC(=O)O.O=C(O)CN(CCN(CC(=O)O)CC(=O)O)CC(=O)O.O=C(O)CN(CCN(CC(=O)O)CC(=O)O)CC(=O)O.[Gd].[Gd].[Gd].[Gd]. The first-order valence-electron chi connectivity index (χ1n) is 16.6. The van der Waals surface area contributed by atoms with Gasteiger partial charge < -0.3 is 61.3 Å². The quantitative estimate of drug-likeness (QED) is 0.0291. The van der Waals surface area contributed by atoms with E-state index in [1.54, 1.807) is 0 Å². The largest absolute Gasteiger partial charge is 0.480 e. The van der Waals surface area contributed by atoms with Gasteiger partial charge in [-0.3, -0.25) is 86.9 Å². The maximum atomic E-state index is 10.6. The van der Waals surface area contributed by atoms with Gasteiger partial charge in [-0.15, -0.1) is 0 Å². The van der Waals surface area contributed by atoms with Crippen LogP contribution in [0.4, 0.5) is 0 Å². The van der Waals surface area contributed by atoms with Crippen LogP contribution < -0.4 is 0 Å². The molecule has 30 nitrogen and oxygen atoms in total. The summed E-state index contributed by atoms with van der Waals surface area (Å²) in [6, 6.07) is 0. The molecule has 0 aliphatic rings. The number of hydrogen-bond acceptors (Lipinski definition) is 18. The predicted octanol–water partition coefficient (Wildman–Crippen LogP) is -6.21. The fraction of sp³-hybridized carbons (Fsp3) is 0.600. The molecule has 0 spiro atoms. The molecule has 0 aliphatic heterocycles. The molecule has 0 heterocycles. The van der Waals surface area contributed by atoms with Gasteiger partial charge in [-0.25, -0.2) is 0 Å². The van der Waals surface area contributed by atoms with Crippen LogP contribution >= 0.6 is 0 Å². The van der Waals surface area contributed by atoms with E-state index >= 15 is 0 Å². The number of hydrogen-bond donors (Lipinski definition) is 12. The van der Waals surface area contributed by atoms with Crippen molar-refractivity contribution in [2.45, 2.75) is 0 Å². The summed E-state index contributed by atoms with van der Waals surface area (Å²) in [4.78, 5) is 133. The van der Waals surface area contributed by atoms with E-state index in [0.717, 1.165) is 29.4 Å². The van der Waals surface area contributed by atoms with E-state index in [1.807, 2.05) is 0 Å². The van der Waals surface area contributed by atoms with E-state index in [9.17, 15) is 57.5 Å². The maximum Gasteiger partial charge on any atom is 0.317 e. The predicted molar refractivity (Wildman–Crippen MR) is 190 cm³/mol. The number of rotatable bonds is 33. The molecule has 0 fully saturated rings. The molecule has 0 rings (SSSR count). The van der Waals surface area contributed by atoms with Crippen molar-refractivity contribution in [2.75, 3.05) is 118 Å². The minimum Gasteiger partial charge on any atom is -0.480 e. The Bertz CT molecular complexity index is 1140. The molecule has 0 saturated heterocycles. The van der Waals surface area contributed by atoms with E-state index in [1.165, 1.54) is 0 Å². The molecule has 0 amide bonds. The zero-order valence-corrected chi connectivity index (χ0v) is 42.2. The Kier molecular flexibility index (Phi) is 54.7. The molecule has 64 heavy (non-hydrogen) atoms. The summed E-state index contributed by atoms with van der Waals surface area (Å²) >= 11 is 0. The third kappa shape index (κ3) is 56.8. The van der Waals surface area contributed by atoms with Gasteiger partial charge in [-0.2, -0.15) is 0 Å². The Balaban J connectivity index is -0.000000148. The van der Waals surface area contributed by atoms with E-state index < -0.39 is 150 Å². The summed E-state index contributed by atoms with van der Waals surface area (Å²) in [6.07, 6.45) is 0. The first kappa shape index (κ1) is 76.9. The summed E-state index contributed by atoms with van der Waals surface area (Å²) in [5, 5.41) is 103. The summed E-state index contributed by atoms with van der Waals surface area (Å²) in [5.74, 6) is -14.7. The number of carboxylic acid groups (broad SMARTS) is 12. The Hall–Kier alpha value is -1.30. The zero-order valence-electron chi connectivity index (χ0n) is 33.1. The van der Waals surface area contributed by atoms with Gasteiger partial charge in [-0.1, -0.05) is 0 Å². The summed E-state index contributed by atoms with van der Waals surface area (Å²) in [7, 11) is 0. The smallest absolute Gasteiger partial charge is 0.317 e. The molecular weight excluding hydrogens is 1460 g/mol. The van der Waals surface area contributed by atoms with Crippen LogP contribution in [0.2, 0.25) is 0 Å². The average molecular weight is 1510 g/mol. The Morgan fingerprint density at radius 1 is 0.188 bits per heavy atom. The van der Waals surface area contributed by atoms with Crippen molar-refractivity contribution in [1.29, 1.82) is 0 Å². The molecule has 0 unspecified atom stereocenters. The van der Waals surface area contributed by atoms with Gasteiger partial charge in [-0.05, 0) is 0 Å². The molecule has 0 aliphatic carbocycles. The molecule has 0 saturated carbocycles. The molecule has 34 heteroatoms. The van der Waals surface area contributed by atoms with Crippen LogP contribution in [-0.2, 0) is 57.5 Å². The molecule has 374 valence electrons. The standard InChI is InChI=1S/3C10H16N2O8.4Gd/c3*13-7(14)3-11(4-8(15)16)1-2-12(5-9(17)18)6-10(19)20;;;;/h3*1-6H2,(H,13,14)(H,15,16)(H,17,18)(H,19,20);;;;.